The summed E-state index contributed by atoms with van der Waals surface area (Å²) in [5.41, 5.74) is -2.93. The predicted molar refractivity (Wildman–Crippen MR) is 96.5 cm³/mol. The lowest BCUT2D eigenvalue weighted by Crippen LogP contribution is -2.54. The number of fused-ring (bicyclic) bond motifs is 1. The molecule has 2 saturated heterocycles. The van der Waals surface area contributed by atoms with Crippen LogP contribution in [0.15, 0.2) is 12.2 Å². The van der Waals surface area contributed by atoms with E-state index in [4.69, 9.17) is 9.47 Å². The number of hydrogen-bond donors (Lipinski definition) is 0. The summed E-state index contributed by atoms with van der Waals surface area (Å²) < 4.78 is 11.0. The first-order valence-electron chi connectivity index (χ1n) is 9.47. The fraction of sp³-hybridized carbons (Fsp3) is 0.714. The normalized spacial score (nSPS) is 40.1. The summed E-state index contributed by atoms with van der Waals surface area (Å²) in [6.07, 6.45) is -0.591. The van der Waals surface area contributed by atoms with Gasteiger partial charge in [0.25, 0.3) is 0 Å². The molecule has 0 aromatic rings. The highest BCUT2D eigenvalue weighted by Crippen LogP contribution is 2.63. The number of hydrogen-bond acceptors (Lipinski definition) is 6. The number of cyclic esters (lactones) is 2. The third kappa shape index (κ3) is 2.44. The van der Waals surface area contributed by atoms with Crippen molar-refractivity contribution in [1.29, 1.82) is 0 Å². The highest BCUT2D eigenvalue weighted by Gasteiger charge is 2.75. The molecule has 3 rings (SSSR count). The lowest BCUT2D eigenvalue weighted by molar-refractivity contribution is -0.183. The molecule has 1 aliphatic carbocycles. The van der Waals surface area contributed by atoms with Gasteiger partial charge in [-0.3, -0.25) is 19.2 Å². The summed E-state index contributed by atoms with van der Waals surface area (Å²) in [6, 6.07) is 0. The SMILES string of the molecule is C=C(C)[C@@H]1C[C@]2(C[C@@H]3C(C)(C)OC(=O)[C@]3(C)C2=O)C(=O)O[C@@H]1C(=O)C(C)C. The standard InChI is InChI=1S/C21H28O6/c1-10(2)12-8-21(18(25)26-15(12)14(22)11(3)4)9-13-19(5,6)27-17(24)20(13,7)16(21)23/h11-13,15H,1,8-9H2,2-7H3/t12-,13+,15-,20-,21+/m0/s1. The van der Waals surface area contributed by atoms with Crippen molar-refractivity contribution in [2.24, 2.45) is 28.6 Å². The molecule has 0 amide bonds. The highest BCUT2D eigenvalue weighted by atomic mass is 16.6. The number of ketones is 2. The minimum absolute atomic E-state index is 0.151. The van der Waals surface area contributed by atoms with Crippen LogP contribution in [0.5, 0.6) is 0 Å². The summed E-state index contributed by atoms with van der Waals surface area (Å²) in [6.45, 7) is 14.3. The zero-order chi connectivity index (χ0) is 20.5. The number of rotatable bonds is 3. The third-order valence-corrected chi connectivity index (χ3v) is 6.82. The van der Waals surface area contributed by atoms with Gasteiger partial charge in [-0.15, -0.1) is 0 Å². The minimum Gasteiger partial charge on any atom is -0.459 e. The van der Waals surface area contributed by atoms with Gasteiger partial charge in [-0.05, 0) is 40.5 Å². The van der Waals surface area contributed by atoms with Gasteiger partial charge in [0.1, 0.15) is 16.4 Å². The molecule has 0 bridgehead atoms. The maximum absolute atomic E-state index is 13.5. The van der Waals surface area contributed by atoms with E-state index in [1.807, 2.05) is 0 Å². The van der Waals surface area contributed by atoms with Gasteiger partial charge < -0.3 is 9.47 Å². The van der Waals surface area contributed by atoms with Crippen molar-refractivity contribution in [2.75, 3.05) is 0 Å². The number of Topliss-reactive ketones (excluding diaryl/α,β-unsaturated/α-hetero) is 2. The van der Waals surface area contributed by atoms with E-state index < -0.39 is 52.1 Å². The quantitative estimate of drug-likeness (QED) is 0.427. The van der Waals surface area contributed by atoms with Crippen LogP contribution < -0.4 is 0 Å². The largest absolute Gasteiger partial charge is 0.459 e. The Morgan fingerprint density at radius 3 is 2.19 bits per heavy atom. The smallest absolute Gasteiger partial charge is 0.320 e. The Morgan fingerprint density at radius 1 is 1.11 bits per heavy atom. The van der Waals surface area contributed by atoms with Gasteiger partial charge in [0.05, 0.1) is 0 Å². The zero-order valence-corrected chi connectivity index (χ0v) is 16.9. The van der Waals surface area contributed by atoms with Crippen LogP contribution in [0.4, 0.5) is 0 Å². The second kappa shape index (κ2) is 5.76. The number of ether oxygens (including phenoxy) is 2. The van der Waals surface area contributed by atoms with Crippen LogP contribution in [0.25, 0.3) is 0 Å². The Balaban J connectivity index is 2.04. The maximum Gasteiger partial charge on any atom is 0.320 e. The first-order valence-corrected chi connectivity index (χ1v) is 9.47. The molecule has 2 aliphatic heterocycles. The summed E-state index contributed by atoms with van der Waals surface area (Å²) in [4.78, 5) is 51.6. The molecule has 0 unspecified atom stereocenters. The van der Waals surface area contributed by atoms with Crippen LogP contribution in [-0.4, -0.2) is 35.2 Å². The van der Waals surface area contributed by atoms with Crippen LogP contribution in [0.1, 0.15) is 54.4 Å². The molecule has 0 radical (unpaired) electrons. The van der Waals surface area contributed by atoms with E-state index >= 15 is 0 Å². The fourth-order valence-corrected chi connectivity index (χ4v) is 5.14. The van der Waals surface area contributed by atoms with Crippen molar-refractivity contribution in [3.8, 4) is 0 Å². The van der Waals surface area contributed by atoms with Crippen LogP contribution >= 0.6 is 0 Å². The molecule has 6 heteroatoms. The van der Waals surface area contributed by atoms with E-state index in [0.717, 1.165) is 0 Å². The Kier molecular flexibility index (Phi) is 4.22. The molecule has 3 fully saturated rings. The van der Waals surface area contributed by atoms with Crippen LogP contribution in [0.2, 0.25) is 0 Å². The summed E-state index contributed by atoms with van der Waals surface area (Å²) in [5.74, 6) is -3.06. The van der Waals surface area contributed by atoms with Crippen LogP contribution in [0, 0.1) is 28.6 Å². The summed E-state index contributed by atoms with van der Waals surface area (Å²) in [5, 5.41) is 0. The molecule has 0 aromatic heterocycles. The molecule has 148 valence electrons. The van der Waals surface area contributed by atoms with Gasteiger partial charge >= 0.3 is 11.9 Å². The molecule has 0 N–H and O–H groups in total. The third-order valence-electron chi connectivity index (χ3n) is 6.82. The number of esters is 2. The highest BCUT2D eigenvalue weighted by molar-refractivity contribution is 6.18. The topological polar surface area (TPSA) is 86.7 Å². The van der Waals surface area contributed by atoms with Crippen LogP contribution in [0.3, 0.4) is 0 Å². The van der Waals surface area contributed by atoms with E-state index in [1.54, 1.807) is 41.5 Å². The average Bonchev–Trinajstić information content (AvgIpc) is 2.89. The van der Waals surface area contributed by atoms with Crippen LogP contribution in [-0.2, 0) is 28.7 Å². The molecule has 5 atom stereocenters. The first-order chi connectivity index (χ1) is 12.3. The van der Waals surface area contributed by atoms with Crippen molar-refractivity contribution in [2.45, 2.75) is 66.1 Å². The van der Waals surface area contributed by atoms with E-state index in [2.05, 4.69) is 6.58 Å². The van der Waals surface area contributed by atoms with Gasteiger partial charge in [-0.1, -0.05) is 26.0 Å². The zero-order valence-electron chi connectivity index (χ0n) is 16.9. The van der Waals surface area contributed by atoms with E-state index in [1.165, 1.54) is 0 Å². The Labute approximate surface area is 159 Å². The second-order valence-corrected chi connectivity index (χ2v) is 9.40. The molecule has 2 heterocycles. The number of carbonyl (C=O) groups excluding carboxylic acids is 4. The van der Waals surface area contributed by atoms with Gasteiger partial charge in [0, 0.05) is 17.8 Å². The monoisotopic (exact) mass is 376 g/mol. The van der Waals surface area contributed by atoms with E-state index in [9.17, 15) is 19.2 Å². The first kappa shape index (κ1) is 19.8. The van der Waals surface area contributed by atoms with E-state index in [0.29, 0.717) is 5.57 Å². The Hall–Kier alpha value is -1.98. The molecular weight excluding hydrogens is 348 g/mol. The molecule has 1 saturated carbocycles. The van der Waals surface area contributed by atoms with Crippen molar-refractivity contribution in [3.63, 3.8) is 0 Å². The van der Waals surface area contributed by atoms with Crippen molar-refractivity contribution in [1.82, 2.24) is 0 Å². The molecule has 27 heavy (non-hydrogen) atoms. The van der Waals surface area contributed by atoms with Gasteiger partial charge in [0.15, 0.2) is 17.7 Å². The molecule has 3 aliphatic rings. The second-order valence-electron chi connectivity index (χ2n) is 9.40. The fourth-order valence-electron chi connectivity index (χ4n) is 5.14. The molecule has 1 spiro atoms. The van der Waals surface area contributed by atoms with Crippen molar-refractivity contribution < 1.29 is 28.7 Å². The molecular formula is C21H28O6. The van der Waals surface area contributed by atoms with Crippen molar-refractivity contribution >= 4 is 23.5 Å². The maximum atomic E-state index is 13.5. The number of carbonyl (C=O) groups is 4. The van der Waals surface area contributed by atoms with Gasteiger partial charge in [0.2, 0.25) is 0 Å². The van der Waals surface area contributed by atoms with Crippen molar-refractivity contribution in [3.05, 3.63) is 12.2 Å². The summed E-state index contributed by atoms with van der Waals surface area (Å²) in [7, 11) is 0. The predicted octanol–water partition coefficient (Wildman–Crippen LogP) is 2.64. The van der Waals surface area contributed by atoms with Gasteiger partial charge in [-0.2, -0.15) is 0 Å². The molecule has 6 nitrogen and oxygen atoms in total. The van der Waals surface area contributed by atoms with E-state index in [-0.39, 0.29) is 24.5 Å². The molecule has 0 aromatic carbocycles. The Bertz CT molecular complexity index is 763. The Morgan fingerprint density at radius 2 is 1.70 bits per heavy atom. The average molecular weight is 376 g/mol. The lowest BCUT2D eigenvalue weighted by Gasteiger charge is -2.41. The minimum atomic E-state index is -1.42. The summed E-state index contributed by atoms with van der Waals surface area (Å²) >= 11 is 0. The van der Waals surface area contributed by atoms with Gasteiger partial charge in [-0.25, -0.2) is 0 Å². The lowest BCUT2D eigenvalue weighted by atomic mass is 9.68.